The van der Waals surface area contributed by atoms with Crippen LogP contribution in [0.25, 0.3) is 11.0 Å². The van der Waals surface area contributed by atoms with Gasteiger partial charge < -0.3 is 4.98 Å². The summed E-state index contributed by atoms with van der Waals surface area (Å²) in [7, 11) is 0. The fourth-order valence-electron chi connectivity index (χ4n) is 1.49. The quantitative estimate of drug-likeness (QED) is 0.723. The van der Waals surface area contributed by atoms with Gasteiger partial charge in [-0.15, -0.1) is 0 Å². The smallest absolute Gasteiger partial charge is 0.169 e. The molecule has 0 spiro atoms. The summed E-state index contributed by atoms with van der Waals surface area (Å²) in [5.74, 6) is 0.117. The van der Waals surface area contributed by atoms with Crippen molar-refractivity contribution in [3.8, 4) is 0 Å². The summed E-state index contributed by atoms with van der Waals surface area (Å²) in [4.78, 5) is 19.3. The summed E-state index contributed by atoms with van der Waals surface area (Å²) in [5, 5.41) is 0. The van der Waals surface area contributed by atoms with E-state index in [1.807, 2.05) is 39.1 Å². The predicted octanol–water partition coefficient (Wildman–Crippen LogP) is 2.79. The Kier molecular flexibility index (Phi) is 2.11. The molecule has 0 fully saturated rings. The molecule has 15 heavy (non-hydrogen) atoms. The fraction of sp³-hybridized carbons (Fsp3) is 0.333. The van der Waals surface area contributed by atoms with Gasteiger partial charge in [-0.05, 0) is 12.1 Å². The number of carbonyl (C=O) groups excluding carboxylic acids is 1. The Labute approximate surface area is 88.5 Å². The average molecular weight is 202 g/mol. The number of nitrogens with zero attached hydrogens (tertiary/aromatic N) is 1. The van der Waals surface area contributed by atoms with E-state index in [1.165, 1.54) is 0 Å². The van der Waals surface area contributed by atoms with Crippen molar-refractivity contribution in [2.45, 2.75) is 20.8 Å². The zero-order valence-electron chi connectivity index (χ0n) is 9.16. The second-order valence-electron chi connectivity index (χ2n) is 4.71. The van der Waals surface area contributed by atoms with E-state index < -0.39 is 0 Å². The van der Waals surface area contributed by atoms with Crippen molar-refractivity contribution >= 4 is 16.8 Å². The number of ketones is 1. The number of hydrogen-bond donors (Lipinski definition) is 1. The summed E-state index contributed by atoms with van der Waals surface area (Å²) >= 11 is 0. The molecular weight excluding hydrogens is 188 g/mol. The number of rotatable bonds is 1. The van der Waals surface area contributed by atoms with Crippen molar-refractivity contribution < 1.29 is 4.79 Å². The molecule has 0 unspecified atom stereocenters. The molecule has 2 aromatic rings. The maximum Gasteiger partial charge on any atom is 0.169 e. The molecule has 2 rings (SSSR count). The third-order valence-electron chi connectivity index (χ3n) is 2.34. The molecule has 0 saturated heterocycles. The van der Waals surface area contributed by atoms with Gasteiger partial charge in [-0.1, -0.05) is 20.8 Å². The van der Waals surface area contributed by atoms with Crippen LogP contribution in [0, 0.1) is 5.41 Å². The molecule has 0 radical (unpaired) electrons. The lowest BCUT2D eigenvalue weighted by molar-refractivity contribution is 0.0858. The van der Waals surface area contributed by atoms with Crippen molar-refractivity contribution in [1.82, 2.24) is 9.97 Å². The minimum atomic E-state index is -0.359. The van der Waals surface area contributed by atoms with Gasteiger partial charge in [-0.2, -0.15) is 0 Å². The van der Waals surface area contributed by atoms with Gasteiger partial charge in [0.15, 0.2) is 5.78 Å². The first-order chi connectivity index (χ1) is 6.98. The normalized spacial score (nSPS) is 11.9. The molecule has 0 aromatic carbocycles. The van der Waals surface area contributed by atoms with Crippen LogP contribution in [0.15, 0.2) is 24.5 Å². The van der Waals surface area contributed by atoms with Crippen LogP contribution in [0.2, 0.25) is 0 Å². The fourth-order valence-corrected chi connectivity index (χ4v) is 1.49. The van der Waals surface area contributed by atoms with Crippen LogP contribution in [0.3, 0.4) is 0 Å². The number of H-pyrrole nitrogens is 1. The van der Waals surface area contributed by atoms with Crippen molar-refractivity contribution in [2.75, 3.05) is 0 Å². The summed E-state index contributed by atoms with van der Waals surface area (Å²) in [6.07, 6.45) is 3.47. The van der Waals surface area contributed by atoms with Gasteiger partial charge in [0, 0.05) is 23.4 Å². The highest BCUT2D eigenvalue weighted by molar-refractivity contribution is 6.01. The molecule has 0 aliphatic rings. The maximum absolute atomic E-state index is 12.0. The topological polar surface area (TPSA) is 45.8 Å². The molecular formula is C12H14N2O. The van der Waals surface area contributed by atoms with E-state index in [0.717, 1.165) is 11.0 Å². The van der Waals surface area contributed by atoms with E-state index >= 15 is 0 Å². The Morgan fingerprint density at radius 3 is 2.80 bits per heavy atom. The number of nitrogens with one attached hydrogen (secondary N) is 1. The lowest BCUT2D eigenvalue weighted by Gasteiger charge is -2.16. The molecule has 0 amide bonds. The first-order valence-corrected chi connectivity index (χ1v) is 4.96. The maximum atomic E-state index is 12.0. The highest BCUT2D eigenvalue weighted by atomic mass is 16.1. The van der Waals surface area contributed by atoms with Crippen molar-refractivity contribution in [3.63, 3.8) is 0 Å². The minimum absolute atomic E-state index is 0.117. The van der Waals surface area contributed by atoms with E-state index in [0.29, 0.717) is 5.56 Å². The highest BCUT2D eigenvalue weighted by Gasteiger charge is 2.23. The molecule has 0 bridgehead atoms. The standard InChI is InChI=1S/C12H14N2O/c1-12(2,3)11(15)8-6-10-9(14-7-8)4-5-13-10/h4-7,13H,1-3H3. The highest BCUT2D eigenvalue weighted by Crippen LogP contribution is 2.21. The lowest BCUT2D eigenvalue weighted by Crippen LogP contribution is -2.20. The summed E-state index contributed by atoms with van der Waals surface area (Å²) in [6, 6.07) is 3.75. The van der Waals surface area contributed by atoms with Gasteiger partial charge in [0.05, 0.1) is 11.0 Å². The Bertz CT molecular complexity index is 506. The number of aromatic nitrogens is 2. The molecule has 2 heterocycles. The van der Waals surface area contributed by atoms with Crippen LogP contribution in [0.5, 0.6) is 0 Å². The number of hydrogen-bond acceptors (Lipinski definition) is 2. The largest absolute Gasteiger partial charge is 0.360 e. The summed E-state index contributed by atoms with van der Waals surface area (Å²) in [5.41, 5.74) is 2.10. The van der Waals surface area contributed by atoms with Gasteiger partial charge in [0.2, 0.25) is 0 Å². The van der Waals surface area contributed by atoms with Crippen LogP contribution >= 0.6 is 0 Å². The second kappa shape index (κ2) is 3.19. The first-order valence-electron chi connectivity index (χ1n) is 4.96. The Balaban J connectivity index is 2.49. The average Bonchev–Trinajstić information content (AvgIpc) is 2.61. The molecule has 0 aliphatic carbocycles. The van der Waals surface area contributed by atoms with Crippen LogP contribution in [0.1, 0.15) is 31.1 Å². The number of aromatic amines is 1. The molecule has 0 saturated carbocycles. The van der Waals surface area contributed by atoms with Crippen molar-refractivity contribution in [3.05, 3.63) is 30.1 Å². The van der Waals surface area contributed by atoms with Crippen LogP contribution in [-0.2, 0) is 0 Å². The lowest BCUT2D eigenvalue weighted by atomic mass is 9.87. The van der Waals surface area contributed by atoms with E-state index in [-0.39, 0.29) is 11.2 Å². The van der Waals surface area contributed by atoms with Crippen LogP contribution < -0.4 is 0 Å². The van der Waals surface area contributed by atoms with E-state index in [2.05, 4.69) is 9.97 Å². The number of carbonyl (C=O) groups is 1. The van der Waals surface area contributed by atoms with Gasteiger partial charge in [-0.25, -0.2) is 0 Å². The van der Waals surface area contributed by atoms with Gasteiger partial charge in [0.1, 0.15) is 0 Å². The van der Waals surface area contributed by atoms with Gasteiger partial charge in [-0.3, -0.25) is 9.78 Å². The molecule has 2 aromatic heterocycles. The van der Waals surface area contributed by atoms with E-state index in [9.17, 15) is 4.79 Å². The third-order valence-corrected chi connectivity index (χ3v) is 2.34. The number of fused-ring (bicyclic) bond motifs is 1. The van der Waals surface area contributed by atoms with E-state index in [1.54, 1.807) is 6.20 Å². The molecule has 78 valence electrons. The van der Waals surface area contributed by atoms with Crippen molar-refractivity contribution in [2.24, 2.45) is 5.41 Å². The molecule has 1 N–H and O–H groups in total. The van der Waals surface area contributed by atoms with Crippen LogP contribution in [0.4, 0.5) is 0 Å². The minimum Gasteiger partial charge on any atom is -0.360 e. The van der Waals surface area contributed by atoms with Gasteiger partial charge in [0.25, 0.3) is 0 Å². The number of Topliss-reactive ketones (excluding diaryl/α,β-unsaturated/α-hetero) is 1. The Morgan fingerprint density at radius 1 is 1.40 bits per heavy atom. The monoisotopic (exact) mass is 202 g/mol. The van der Waals surface area contributed by atoms with Gasteiger partial charge >= 0.3 is 0 Å². The zero-order chi connectivity index (χ0) is 11.1. The molecule has 0 atom stereocenters. The summed E-state index contributed by atoms with van der Waals surface area (Å²) in [6.45, 7) is 5.73. The summed E-state index contributed by atoms with van der Waals surface area (Å²) < 4.78 is 0. The third kappa shape index (κ3) is 1.77. The Hall–Kier alpha value is -1.64. The second-order valence-corrected chi connectivity index (χ2v) is 4.71. The zero-order valence-corrected chi connectivity index (χ0v) is 9.16. The molecule has 3 heteroatoms. The van der Waals surface area contributed by atoms with Crippen LogP contribution in [-0.4, -0.2) is 15.8 Å². The molecule has 0 aliphatic heterocycles. The first kappa shape index (κ1) is 9.90. The number of pyridine rings is 1. The predicted molar refractivity (Wildman–Crippen MR) is 59.9 cm³/mol. The van der Waals surface area contributed by atoms with E-state index in [4.69, 9.17) is 0 Å². The molecule has 3 nitrogen and oxygen atoms in total. The van der Waals surface area contributed by atoms with Crippen molar-refractivity contribution in [1.29, 1.82) is 0 Å². The SMILES string of the molecule is CC(C)(C)C(=O)c1cnc2cc[nH]c2c1. The Morgan fingerprint density at radius 2 is 2.13 bits per heavy atom.